The molecule has 3 N–H and O–H groups in total. The Kier molecular flexibility index (Phi) is 7.54. The Balaban J connectivity index is 0.00000220. The average molecular weight is 313 g/mol. The summed E-state index contributed by atoms with van der Waals surface area (Å²) in [5.74, 6) is 0.914. The quantitative estimate of drug-likeness (QED) is 0.876. The molecule has 1 fully saturated rings. The first-order chi connectivity index (χ1) is 9.69. The van der Waals surface area contributed by atoms with Gasteiger partial charge in [-0.05, 0) is 37.8 Å². The molecule has 0 heterocycles. The highest BCUT2D eigenvalue weighted by atomic mass is 35.5. The fourth-order valence-corrected chi connectivity index (χ4v) is 2.59. The van der Waals surface area contributed by atoms with E-state index in [9.17, 15) is 4.79 Å². The van der Waals surface area contributed by atoms with Crippen LogP contribution < -0.4 is 15.8 Å². The molecule has 4 nitrogen and oxygen atoms in total. The van der Waals surface area contributed by atoms with Crippen LogP contribution in [0.4, 0.5) is 5.69 Å². The molecule has 2 unspecified atom stereocenters. The van der Waals surface area contributed by atoms with E-state index < -0.39 is 0 Å². The van der Waals surface area contributed by atoms with Crippen molar-refractivity contribution in [2.45, 2.75) is 45.1 Å². The van der Waals surface area contributed by atoms with Gasteiger partial charge in [-0.1, -0.05) is 19.4 Å². The van der Waals surface area contributed by atoms with E-state index in [0.717, 1.165) is 43.5 Å². The van der Waals surface area contributed by atoms with Crippen LogP contribution >= 0.6 is 12.4 Å². The van der Waals surface area contributed by atoms with Crippen molar-refractivity contribution >= 4 is 24.0 Å². The standard InChI is InChI=1S/C16H24N2O2.ClH/c1-2-9-20-15-8-4-7-14(11-15)18-16(19)12-5-3-6-13(17)10-12;/h4,7-8,11-13H,2-3,5-6,9-10,17H2,1H3,(H,18,19);1H. The van der Waals surface area contributed by atoms with E-state index >= 15 is 0 Å². The maximum Gasteiger partial charge on any atom is 0.227 e. The summed E-state index contributed by atoms with van der Waals surface area (Å²) in [6, 6.07) is 7.73. The number of halogens is 1. The topological polar surface area (TPSA) is 64.3 Å². The number of nitrogens with one attached hydrogen (secondary N) is 1. The number of hydrogen-bond donors (Lipinski definition) is 2. The molecular formula is C16H25ClN2O2. The number of hydrogen-bond acceptors (Lipinski definition) is 3. The number of benzene rings is 1. The van der Waals surface area contributed by atoms with Gasteiger partial charge in [-0.25, -0.2) is 0 Å². The summed E-state index contributed by atoms with van der Waals surface area (Å²) in [4.78, 5) is 12.2. The minimum atomic E-state index is 0. The smallest absolute Gasteiger partial charge is 0.227 e. The van der Waals surface area contributed by atoms with Gasteiger partial charge in [-0.2, -0.15) is 0 Å². The van der Waals surface area contributed by atoms with Gasteiger partial charge in [0.25, 0.3) is 0 Å². The fraction of sp³-hybridized carbons (Fsp3) is 0.562. The van der Waals surface area contributed by atoms with Gasteiger partial charge in [-0.15, -0.1) is 12.4 Å². The van der Waals surface area contributed by atoms with Crippen molar-refractivity contribution in [3.05, 3.63) is 24.3 Å². The molecule has 0 radical (unpaired) electrons. The van der Waals surface area contributed by atoms with Crippen molar-refractivity contribution in [2.24, 2.45) is 11.7 Å². The molecule has 118 valence electrons. The molecule has 1 saturated carbocycles. The van der Waals surface area contributed by atoms with Gasteiger partial charge in [0.1, 0.15) is 5.75 Å². The summed E-state index contributed by atoms with van der Waals surface area (Å²) < 4.78 is 5.57. The third-order valence-corrected chi connectivity index (χ3v) is 3.66. The predicted molar refractivity (Wildman–Crippen MR) is 88.0 cm³/mol. The van der Waals surface area contributed by atoms with E-state index in [1.165, 1.54) is 0 Å². The largest absolute Gasteiger partial charge is 0.494 e. The van der Waals surface area contributed by atoms with Crippen molar-refractivity contribution in [2.75, 3.05) is 11.9 Å². The lowest BCUT2D eigenvalue weighted by atomic mass is 9.85. The second kappa shape index (κ2) is 8.90. The second-order valence-electron chi connectivity index (χ2n) is 5.49. The first-order valence-electron chi connectivity index (χ1n) is 7.48. The molecule has 1 amide bonds. The van der Waals surface area contributed by atoms with Crippen LogP contribution in [0.1, 0.15) is 39.0 Å². The van der Waals surface area contributed by atoms with Gasteiger partial charge in [0.05, 0.1) is 6.61 Å². The minimum Gasteiger partial charge on any atom is -0.494 e. The summed E-state index contributed by atoms with van der Waals surface area (Å²) in [7, 11) is 0. The lowest BCUT2D eigenvalue weighted by Crippen LogP contribution is -2.34. The molecule has 0 saturated heterocycles. The summed E-state index contributed by atoms with van der Waals surface area (Å²) >= 11 is 0. The highest BCUT2D eigenvalue weighted by Crippen LogP contribution is 2.25. The average Bonchev–Trinajstić information content (AvgIpc) is 2.45. The summed E-state index contributed by atoms with van der Waals surface area (Å²) in [5.41, 5.74) is 6.73. The van der Waals surface area contributed by atoms with Crippen molar-refractivity contribution in [3.8, 4) is 5.75 Å². The summed E-state index contributed by atoms with van der Waals surface area (Å²) in [6.07, 6.45) is 4.77. The Bertz CT molecular complexity index is 454. The molecule has 1 aromatic carbocycles. The molecule has 0 aliphatic heterocycles. The minimum absolute atomic E-state index is 0. The maximum atomic E-state index is 12.2. The maximum absolute atomic E-state index is 12.2. The zero-order chi connectivity index (χ0) is 14.4. The van der Waals surface area contributed by atoms with Crippen LogP contribution in [0.3, 0.4) is 0 Å². The van der Waals surface area contributed by atoms with Crippen molar-refractivity contribution in [3.63, 3.8) is 0 Å². The number of ether oxygens (including phenoxy) is 1. The van der Waals surface area contributed by atoms with Crippen molar-refractivity contribution in [1.29, 1.82) is 0 Å². The third kappa shape index (κ3) is 5.56. The third-order valence-electron chi connectivity index (χ3n) is 3.66. The van der Waals surface area contributed by atoms with Crippen LogP contribution in [0.15, 0.2) is 24.3 Å². The zero-order valence-electron chi connectivity index (χ0n) is 12.5. The number of carbonyl (C=O) groups is 1. The monoisotopic (exact) mass is 312 g/mol. The number of carbonyl (C=O) groups excluding carboxylic acids is 1. The molecule has 5 heteroatoms. The van der Waals surface area contributed by atoms with E-state index in [4.69, 9.17) is 10.5 Å². The van der Waals surface area contributed by atoms with Crippen LogP contribution in [-0.4, -0.2) is 18.6 Å². The Morgan fingerprint density at radius 3 is 2.95 bits per heavy atom. The van der Waals surface area contributed by atoms with Gasteiger partial charge in [0, 0.05) is 23.7 Å². The van der Waals surface area contributed by atoms with Gasteiger partial charge in [0.15, 0.2) is 0 Å². The van der Waals surface area contributed by atoms with Gasteiger partial charge >= 0.3 is 0 Å². The number of amides is 1. The number of rotatable bonds is 5. The van der Waals surface area contributed by atoms with Crippen LogP contribution in [0.25, 0.3) is 0 Å². The molecule has 0 aromatic heterocycles. The zero-order valence-corrected chi connectivity index (χ0v) is 13.3. The molecule has 1 aliphatic carbocycles. The summed E-state index contributed by atoms with van der Waals surface area (Å²) in [6.45, 7) is 2.76. The van der Waals surface area contributed by atoms with Crippen molar-refractivity contribution in [1.82, 2.24) is 0 Å². The lowest BCUT2D eigenvalue weighted by molar-refractivity contribution is -0.120. The van der Waals surface area contributed by atoms with E-state index in [1.54, 1.807) is 0 Å². The highest BCUT2D eigenvalue weighted by molar-refractivity contribution is 5.92. The normalized spacial score (nSPS) is 21.2. The van der Waals surface area contributed by atoms with Gasteiger partial charge < -0.3 is 15.8 Å². The Morgan fingerprint density at radius 1 is 1.43 bits per heavy atom. The molecule has 0 bridgehead atoms. The Morgan fingerprint density at radius 2 is 2.24 bits per heavy atom. The van der Waals surface area contributed by atoms with Gasteiger partial charge in [0.2, 0.25) is 5.91 Å². The fourth-order valence-electron chi connectivity index (χ4n) is 2.59. The molecule has 2 rings (SSSR count). The highest BCUT2D eigenvalue weighted by Gasteiger charge is 2.25. The molecule has 1 aromatic rings. The molecule has 2 atom stereocenters. The van der Waals surface area contributed by atoms with E-state index in [2.05, 4.69) is 12.2 Å². The molecule has 21 heavy (non-hydrogen) atoms. The van der Waals surface area contributed by atoms with E-state index in [-0.39, 0.29) is 30.3 Å². The van der Waals surface area contributed by atoms with Crippen LogP contribution in [0.5, 0.6) is 5.75 Å². The van der Waals surface area contributed by atoms with Gasteiger partial charge in [-0.3, -0.25) is 4.79 Å². The second-order valence-corrected chi connectivity index (χ2v) is 5.49. The Labute approximate surface area is 132 Å². The number of nitrogens with two attached hydrogens (primary N) is 1. The SMILES string of the molecule is CCCOc1cccc(NC(=O)C2CCCC(N)C2)c1.Cl. The van der Waals surface area contributed by atoms with Crippen LogP contribution in [-0.2, 0) is 4.79 Å². The van der Waals surface area contributed by atoms with Crippen LogP contribution in [0.2, 0.25) is 0 Å². The predicted octanol–water partition coefficient (Wildman–Crippen LogP) is 3.35. The number of anilines is 1. The Hall–Kier alpha value is -1.26. The lowest BCUT2D eigenvalue weighted by Gasteiger charge is -2.25. The molecule has 1 aliphatic rings. The summed E-state index contributed by atoms with van der Waals surface area (Å²) in [5, 5.41) is 2.97. The first kappa shape index (κ1) is 17.8. The van der Waals surface area contributed by atoms with E-state index in [0.29, 0.717) is 6.61 Å². The van der Waals surface area contributed by atoms with E-state index in [1.807, 2.05) is 24.3 Å². The molecular weight excluding hydrogens is 288 g/mol. The van der Waals surface area contributed by atoms with Crippen LogP contribution in [0, 0.1) is 5.92 Å². The molecule has 0 spiro atoms. The first-order valence-corrected chi connectivity index (χ1v) is 7.48. The van der Waals surface area contributed by atoms with Crippen molar-refractivity contribution < 1.29 is 9.53 Å².